The molecule has 2 aliphatic rings. The van der Waals surface area contributed by atoms with E-state index >= 15 is 0 Å². The van der Waals surface area contributed by atoms with Gasteiger partial charge < -0.3 is 14.5 Å². The van der Waals surface area contributed by atoms with E-state index < -0.39 is 5.54 Å². The molecular formula is C21H32N4O3. The Bertz CT molecular complexity index is 693. The number of likely N-dealkylation sites (tertiary alicyclic amines) is 1. The molecule has 0 N–H and O–H groups in total. The van der Waals surface area contributed by atoms with Crippen molar-refractivity contribution in [3.63, 3.8) is 0 Å². The third-order valence-electron chi connectivity index (χ3n) is 5.59. The second kappa shape index (κ2) is 8.17. The van der Waals surface area contributed by atoms with Crippen LogP contribution in [0.4, 0.5) is 4.79 Å². The Morgan fingerprint density at radius 1 is 1.21 bits per heavy atom. The minimum Gasteiger partial charge on any atom is -0.383 e. The Morgan fingerprint density at radius 3 is 2.50 bits per heavy atom. The number of hydrogen-bond donors (Lipinski definition) is 0. The van der Waals surface area contributed by atoms with Crippen LogP contribution in [0.2, 0.25) is 0 Å². The highest BCUT2D eigenvalue weighted by atomic mass is 16.5. The van der Waals surface area contributed by atoms with E-state index in [9.17, 15) is 9.59 Å². The summed E-state index contributed by atoms with van der Waals surface area (Å²) in [5.74, 6) is -0.0761. The van der Waals surface area contributed by atoms with Crippen molar-refractivity contribution in [1.82, 2.24) is 19.7 Å². The Balaban J connectivity index is 1.79. The van der Waals surface area contributed by atoms with E-state index in [1.54, 1.807) is 24.4 Å². The van der Waals surface area contributed by atoms with Crippen LogP contribution in [-0.2, 0) is 16.1 Å². The number of ether oxygens (including phenoxy) is 1. The zero-order chi connectivity index (χ0) is 20.4. The molecule has 0 saturated carbocycles. The van der Waals surface area contributed by atoms with Crippen LogP contribution in [0.25, 0.3) is 0 Å². The molecular weight excluding hydrogens is 356 g/mol. The van der Waals surface area contributed by atoms with Crippen LogP contribution in [0.1, 0.15) is 39.2 Å². The topological polar surface area (TPSA) is 66.0 Å². The predicted molar refractivity (Wildman–Crippen MR) is 107 cm³/mol. The number of carbonyl (C=O) groups excluding carboxylic acids is 2. The first-order valence-electron chi connectivity index (χ1n) is 10.0. The van der Waals surface area contributed by atoms with E-state index in [4.69, 9.17) is 4.74 Å². The third-order valence-corrected chi connectivity index (χ3v) is 5.59. The van der Waals surface area contributed by atoms with Gasteiger partial charge >= 0.3 is 6.03 Å². The average molecular weight is 389 g/mol. The van der Waals surface area contributed by atoms with E-state index in [0.717, 1.165) is 25.2 Å². The monoisotopic (exact) mass is 388 g/mol. The zero-order valence-electron chi connectivity index (χ0n) is 17.5. The van der Waals surface area contributed by atoms with Gasteiger partial charge in [0.25, 0.3) is 5.91 Å². The molecule has 0 unspecified atom stereocenters. The standard InChI is InChI=1S/C21H32N4O3/c1-20(2,3)16-23-10-7-21(8-11-23)18(26)24(15-17-6-5-9-22-14-17)19(27)25(21)12-13-28-4/h5-6,9,14H,7-8,10-13,15-16H2,1-4H3. The van der Waals surface area contributed by atoms with Crippen molar-refractivity contribution in [2.45, 2.75) is 45.7 Å². The molecule has 2 saturated heterocycles. The lowest BCUT2D eigenvalue weighted by atomic mass is 9.84. The molecule has 7 nitrogen and oxygen atoms in total. The summed E-state index contributed by atoms with van der Waals surface area (Å²) in [4.78, 5) is 36.3. The molecule has 1 spiro atoms. The van der Waals surface area contributed by atoms with E-state index in [2.05, 4.69) is 30.7 Å². The van der Waals surface area contributed by atoms with Gasteiger partial charge in [0.1, 0.15) is 5.54 Å². The maximum atomic E-state index is 13.4. The fraction of sp³-hybridized carbons (Fsp3) is 0.667. The summed E-state index contributed by atoms with van der Waals surface area (Å²) in [5.41, 5.74) is 0.326. The van der Waals surface area contributed by atoms with Crippen molar-refractivity contribution in [3.8, 4) is 0 Å². The van der Waals surface area contributed by atoms with Crippen LogP contribution in [0.3, 0.4) is 0 Å². The third kappa shape index (κ3) is 4.20. The minimum absolute atomic E-state index is 0.0761. The molecule has 0 radical (unpaired) electrons. The first kappa shape index (κ1) is 20.7. The maximum absolute atomic E-state index is 13.4. The molecule has 154 valence electrons. The number of imide groups is 1. The van der Waals surface area contributed by atoms with Gasteiger partial charge in [-0.05, 0) is 29.9 Å². The number of rotatable bonds is 6. The molecule has 3 amide bonds. The molecule has 2 fully saturated rings. The summed E-state index contributed by atoms with van der Waals surface area (Å²) in [6.45, 7) is 10.4. The molecule has 2 aliphatic heterocycles. The Morgan fingerprint density at radius 2 is 1.93 bits per heavy atom. The summed E-state index contributed by atoms with van der Waals surface area (Å²) < 4.78 is 5.22. The Kier molecular flexibility index (Phi) is 6.05. The maximum Gasteiger partial charge on any atom is 0.328 e. The number of carbonyl (C=O) groups is 2. The Hall–Kier alpha value is -1.99. The molecule has 7 heteroatoms. The number of urea groups is 1. The molecule has 3 heterocycles. The SMILES string of the molecule is COCCN1C(=O)N(Cc2cccnc2)C(=O)C12CCN(CC(C)(C)C)CC2. The molecule has 0 aromatic carbocycles. The van der Waals surface area contributed by atoms with Crippen molar-refractivity contribution in [2.24, 2.45) is 5.41 Å². The molecule has 3 rings (SSSR count). The first-order chi connectivity index (χ1) is 13.3. The first-order valence-corrected chi connectivity index (χ1v) is 10.0. The van der Waals surface area contributed by atoms with Crippen LogP contribution in [-0.4, -0.2) is 77.1 Å². The van der Waals surface area contributed by atoms with E-state index in [1.165, 1.54) is 4.90 Å². The van der Waals surface area contributed by atoms with Crippen LogP contribution >= 0.6 is 0 Å². The van der Waals surface area contributed by atoms with Crippen molar-refractivity contribution >= 4 is 11.9 Å². The van der Waals surface area contributed by atoms with Crippen LogP contribution < -0.4 is 0 Å². The van der Waals surface area contributed by atoms with Gasteiger partial charge in [-0.1, -0.05) is 26.8 Å². The zero-order valence-corrected chi connectivity index (χ0v) is 17.5. The number of hydrogen-bond acceptors (Lipinski definition) is 5. The van der Waals surface area contributed by atoms with Crippen molar-refractivity contribution in [3.05, 3.63) is 30.1 Å². The van der Waals surface area contributed by atoms with Crippen molar-refractivity contribution in [2.75, 3.05) is 39.9 Å². The predicted octanol–water partition coefficient (Wildman–Crippen LogP) is 2.37. The lowest BCUT2D eigenvalue weighted by Gasteiger charge is -2.43. The number of aromatic nitrogens is 1. The molecule has 28 heavy (non-hydrogen) atoms. The molecule has 0 atom stereocenters. The Labute approximate surface area is 167 Å². The van der Waals surface area contributed by atoms with Gasteiger partial charge in [-0.2, -0.15) is 0 Å². The summed E-state index contributed by atoms with van der Waals surface area (Å²) in [7, 11) is 1.62. The molecule has 0 bridgehead atoms. The average Bonchev–Trinajstić information content (AvgIpc) is 2.83. The second-order valence-corrected chi connectivity index (χ2v) is 9.05. The summed E-state index contributed by atoms with van der Waals surface area (Å²) in [6.07, 6.45) is 4.73. The van der Waals surface area contributed by atoms with Gasteiger partial charge in [-0.15, -0.1) is 0 Å². The van der Waals surface area contributed by atoms with Crippen molar-refractivity contribution < 1.29 is 14.3 Å². The van der Waals surface area contributed by atoms with E-state index in [1.807, 2.05) is 12.1 Å². The number of amides is 3. The quantitative estimate of drug-likeness (QED) is 0.700. The highest BCUT2D eigenvalue weighted by Crippen LogP contribution is 2.38. The summed E-state index contributed by atoms with van der Waals surface area (Å²) in [6, 6.07) is 3.50. The minimum atomic E-state index is -0.744. The summed E-state index contributed by atoms with van der Waals surface area (Å²) in [5, 5.41) is 0. The highest BCUT2D eigenvalue weighted by Gasteiger charge is 2.57. The number of methoxy groups -OCH3 is 1. The van der Waals surface area contributed by atoms with Crippen LogP contribution in [0, 0.1) is 5.41 Å². The van der Waals surface area contributed by atoms with Gasteiger partial charge in [-0.3, -0.25) is 14.7 Å². The van der Waals surface area contributed by atoms with Gasteiger partial charge in [0.15, 0.2) is 0 Å². The smallest absolute Gasteiger partial charge is 0.328 e. The van der Waals surface area contributed by atoms with Gasteiger partial charge in [0.2, 0.25) is 0 Å². The molecule has 1 aromatic rings. The largest absolute Gasteiger partial charge is 0.383 e. The lowest BCUT2D eigenvalue weighted by Crippen LogP contribution is -2.57. The van der Waals surface area contributed by atoms with Crippen LogP contribution in [0.15, 0.2) is 24.5 Å². The number of pyridine rings is 1. The van der Waals surface area contributed by atoms with Gasteiger partial charge in [0.05, 0.1) is 13.2 Å². The molecule has 1 aromatic heterocycles. The van der Waals surface area contributed by atoms with E-state index in [0.29, 0.717) is 26.0 Å². The van der Waals surface area contributed by atoms with E-state index in [-0.39, 0.29) is 23.9 Å². The number of nitrogens with zero attached hydrogens (tertiary/aromatic N) is 4. The van der Waals surface area contributed by atoms with Crippen molar-refractivity contribution in [1.29, 1.82) is 0 Å². The fourth-order valence-electron chi connectivity index (χ4n) is 4.32. The normalized spacial score (nSPS) is 20.4. The second-order valence-electron chi connectivity index (χ2n) is 9.05. The van der Waals surface area contributed by atoms with Gasteiger partial charge in [-0.25, -0.2) is 4.79 Å². The highest BCUT2D eigenvalue weighted by molar-refractivity contribution is 6.07. The lowest BCUT2D eigenvalue weighted by molar-refractivity contribution is -0.136. The fourth-order valence-corrected chi connectivity index (χ4v) is 4.32. The van der Waals surface area contributed by atoms with Crippen LogP contribution in [0.5, 0.6) is 0 Å². The van der Waals surface area contributed by atoms with Gasteiger partial charge in [0, 0.05) is 45.7 Å². The summed E-state index contributed by atoms with van der Waals surface area (Å²) >= 11 is 0. The molecule has 0 aliphatic carbocycles. The number of piperidine rings is 1.